The third kappa shape index (κ3) is 6.17. The number of benzene rings is 3. The Balaban J connectivity index is 1.99. The van der Waals surface area contributed by atoms with E-state index in [1.807, 2.05) is 0 Å². The van der Waals surface area contributed by atoms with Gasteiger partial charge in [0.1, 0.15) is 17.2 Å². The Bertz CT molecular complexity index is 1790. The highest BCUT2D eigenvalue weighted by Gasteiger charge is 2.22. The van der Waals surface area contributed by atoms with Gasteiger partial charge in [-0.25, -0.2) is 14.8 Å². The number of phenolic OH excluding ortho intramolecular Hbond substituents is 1. The quantitative estimate of drug-likeness (QED) is 0.0544. The van der Waals surface area contributed by atoms with Crippen LogP contribution in [-0.2, 0) is 19.5 Å². The molecule has 0 aliphatic carbocycles. The number of hydrogen-bond donors (Lipinski definition) is 6. The third-order valence-corrected chi connectivity index (χ3v) is 6.43. The van der Waals surface area contributed by atoms with Gasteiger partial charge in [0.15, 0.2) is 5.75 Å². The Hall–Kier alpha value is -4.46. The molecule has 0 unspecified atom stereocenters. The number of hydrogen-bond acceptors (Lipinski definition) is 14. The summed E-state index contributed by atoms with van der Waals surface area (Å²) >= 11 is 0.344. The molecule has 18 heteroatoms. The van der Waals surface area contributed by atoms with Gasteiger partial charge in [0.2, 0.25) is 5.95 Å². The number of H-pyrrole nitrogens is 1. The van der Waals surface area contributed by atoms with Gasteiger partial charge in [0, 0.05) is 5.39 Å². The van der Waals surface area contributed by atoms with Gasteiger partial charge >= 0.3 is 11.7 Å². The molecule has 6 N–H and O–H groups in total. The van der Waals surface area contributed by atoms with Crippen LogP contribution >= 0.6 is 12.0 Å². The van der Waals surface area contributed by atoms with E-state index in [1.54, 1.807) is 0 Å². The molecule has 0 aliphatic rings. The zero-order valence-electron chi connectivity index (χ0n) is 19.4. The van der Waals surface area contributed by atoms with E-state index in [1.165, 1.54) is 37.3 Å². The third-order valence-electron chi connectivity index (χ3n) is 4.98. The number of aromatic amines is 1. The topological polar surface area (TPSA) is 246 Å². The summed E-state index contributed by atoms with van der Waals surface area (Å²) in [6, 6.07) is 8.87. The number of nitrogens with one attached hydrogen (secondary N) is 2. The molecule has 1 aromatic heterocycles. The number of carboxylic acids is 1. The van der Waals surface area contributed by atoms with Crippen molar-refractivity contribution >= 4 is 61.9 Å². The SMILES string of the molecule is Cc1nc(Nc2cc(S(=O)(=O)O)cc3cc(SOOO)c(N=Nc4ccccc4C(=O)O)c(O)c23)nc(=O)[nH]1. The number of aromatic nitrogens is 3. The molecule has 4 rings (SSSR count). The lowest BCUT2D eigenvalue weighted by Crippen LogP contribution is -2.15. The first kappa shape index (κ1) is 27.6. The van der Waals surface area contributed by atoms with Crippen molar-refractivity contribution in [2.45, 2.75) is 16.7 Å². The molecule has 1 heterocycles. The van der Waals surface area contributed by atoms with Gasteiger partial charge in [0.25, 0.3) is 10.1 Å². The van der Waals surface area contributed by atoms with Crippen LogP contribution in [0.25, 0.3) is 10.8 Å². The van der Waals surface area contributed by atoms with Crippen LogP contribution in [0.3, 0.4) is 0 Å². The number of aryl methyl sites for hydroxylation is 1. The Morgan fingerprint density at radius 2 is 1.90 bits per heavy atom. The number of aromatic carboxylic acids is 1. The number of fused-ring (bicyclic) bond motifs is 1. The van der Waals surface area contributed by atoms with Crippen molar-refractivity contribution in [2.24, 2.45) is 10.2 Å². The molecule has 0 atom stereocenters. The lowest BCUT2D eigenvalue weighted by atomic mass is 10.1. The maximum Gasteiger partial charge on any atom is 0.349 e. The largest absolute Gasteiger partial charge is 0.505 e. The minimum atomic E-state index is -4.77. The van der Waals surface area contributed by atoms with Gasteiger partial charge < -0.3 is 15.5 Å². The molecule has 0 spiro atoms. The lowest BCUT2D eigenvalue weighted by Gasteiger charge is -2.15. The number of anilines is 2. The van der Waals surface area contributed by atoms with Crippen molar-refractivity contribution in [1.29, 1.82) is 0 Å². The minimum Gasteiger partial charge on any atom is -0.505 e. The summed E-state index contributed by atoms with van der Waals surface area (Å²) in [5, 5.41) is 43.3. The molecular formula is C21H16N6O10S2. The molecule has 16 nitrogen and oxygen atoms in total. The molecule has 0 fully saturated rings. The predicted molar refractivity (Wildman–Crippen MR) is 134 cm³/mol. The maximum atomic E-state index is 12.0. The van der Waals surface area contributed by atoms with Crippen LogP contribution in [0.2, 0.25) is 0 Å². The Morgan fingerprint density at radius 1 is 1.15 bits per heavy atom. The molecule has 0 radical (unpaired) electrons. The second-order valence-electron chi connectivity index (χ2n) is 7.55. The van der Waals surface area contributed by atoms with Crippen LogP contribution in [0.1, 0.15) is 16.2 Å². The summed E-state index contributed by atoms with van der Waals surface area (Å²) in [5.41, 5.74) is -1.49. The highest BCUT2D eigenvalue weighted by molar-refractivity contribution is 7.94. The fraction of sp³-hybridized carbons (Fsp3) is 0.0476. The van der Waals surface area contributed by atoms with E-state index in [0.717, 1.165) is 12.1 Å². The van der Waals surface area contributed by atoms with Crippen LogP contribution < -0.4 is 11.0 Å². The van der Waals surface area contributed by atoms with Crippen molar-refractivity contribution in [3.05, 3.63) is 64.3 Å². The zero-order valence-corrected chi connectivity index (χ0v) is 21.0. The second kappa shape index (κ2) is 11.1. The number of carboxylic acid groups (broad SMARTS) is 1. The fourth-order valence-electron chi connectivity index (χ4n) is 3.43. The maximum absolute atomic E-state index is 12.0. The fourth-order valence-corrected chi connectivity index (χ4v) is 4.47. The van der Waals surface area contributed by atoms with E-state index < -0.39 is 32.4 Å². The van der Waals surface area contributed by atoms with Crippen LogP contribution in [0.5, 0.6) is 5.75 Å². The van der Waals surface area contributed by atoms with Crippen LogP contribution in [0, 0.1) is 6.92 Å². The Kier molecular flexibility index (Phi) is 7.85. The monoisotopic (exact) mass is 576 g/mol. The van der Waals surface area contributed by atoms with Gasteiger partial charge in [-0.15, -0.1) is 14.6 Å². The van der Waals surface area contributed by atoms with Gasteiger partial charge in [-0.3, -0.25) is 9.54 Å². The van der Waals surface area contributed by atoms with E-state index in [2.05, 4.69) is 39.9 Å². The smallest absolute Gasteiger partial charge is 0.349 e. The standard InChI is InChI=1S/C21H16N6O10S2/c1-9-22-20(25-21(31)23-9)24-14-8-11(39(33,34)35)6-10-7-15(38-37-36-32)17(18(28)16(10)14)27-26-13-5-3-2-4-12(13)19(29)30/h2-8,28,32H,1H3,(H,29,30)(H,33,34,35)(H2,22,23,24,25,31). The van der Waals surface area contributed by atoms with Crippen molar-refractivity contribution in [3.8, 4) is 5.75 Å². The Morgan fingerprint density at radius 3 is 2.56 bits per heavy atom. The first-order chi connectivity index (χ1) is 18.5. The van der Waals surface area contributed by atoms with Gasteiger partial charge in [-0.2, -0.15) is 18.4 Å². The van der Waals surface area contributed by atoms with Crippen LogP contribution in [-0.4, -0.2) is 49.4 Å². The molecule has 0 saturated carbocycles. The first-order valence-corrected chi connectivity index (χ1v) is 12.6. The average Bonchev–Trinajstić information content (AvgIpc) is 2.85. The van der Waals surface area contributed by atoms with E-state index in [9.17, 15) is 32.8 Å². The van der Waals surface area contributed by atoms with E-state index in [4.69, 9.17) is 5.26 Å². The predicted octanol–water partition coefficient (Wildman–Crippen LogP) is 3.86. The summed E-state index contributed by atoms with van der Waals surface area (Å²) in [6.45, 7) is 1.47. The van der Waals surface area contributed by atoms with Crippen LogP contribution in [0.15, 0.2) is 67.3 Å². The molecule has 3 aromatic carbocycles. The number of carbonyl (C=O) groups is 1. The van der Waals surface area contributed by atoms with Crippen molar-refractivity contribution in [3.63, 3.8) is 0 Å². The number of azo groups is 1. The van der Waals surface area contributed by atoms with Gasteiger partial charge in [-0.1, -0.05) is 17.2 Å². The minimum absolute atomic E-state index is 0.000568. The first-order valence-electron chi connectivity index (χ1n) is 10.4. The molecule has 0 saturated heterocycles. The molecule has 202 valence electrons. The number of rotatable bonds is 9. The average molecular weight is 577 g/mol. The van der Waals surface area contributed by atoms with Crippen molar-refractivity contribution < 1.29 is 42.6 Å². The number of nitrogens with zero attached hydrogens (tertiary/aromatic N) is 4. The highest BCUT2D eigenvalue weighted by atomic mass is 32.2. The molecule has 4 aromatic rings. The van der Waals surface area contributed by atoms with Crippen molar-refractivity contribution in [1.82, 2.24) is 15.0 Å². The normalized spacial score (nSPS) is 11.8. The Labute approximate surface area is 221 Å². The number of phenols is 1. The van der Waals surface area contributed by atoms with Crippen LogP contribution in [0.4, 0.5) is 23.0 Å². The van der Waals surface area contributed by atoms with E-state index >= 15 is 0 Å². The zero-order chi connectivity index (χ0) is 28.3. The summed E-state index contributed by atoms with van der Waals surface area (Å²) in [5.74, 6) is -2.00. The highest BCUT2D eigenvalue weighted by Crippen LogP contribution is 2.47. The summed E-state index contributed by atoms with van der Waals surface area (Å²) in [4.78, 5) is 32.6. The summed E-state index contributed by atoms with van der Waals surface area (Å²) < 4.78 is 38.0. The molecule has 39 heavy (non-hydrogen) atoms. The summed E-state index contributed by atoms with van der Waals surface area (Å²) in [6.07, 6.45) is 0. The molecule has 0 aliphatic heterocycles. The lowest BCUT2D eigenvalue weighted by molar-refractivity contribution is -0.432. The number of aromatic hydroxyl groups is 1. The van der Waals surface area contributed by atoms with Gasteiger partial charge in [-0.05, 0) is 42.6 Å². The van der Waals surface area contributed by atoms with Crippen molar-refractivity contribution in [2.75, 3.05) is 5.32 Å². The second-order valence-corrected chi connectivity index (χ2v) is 9.72. The summed E-state index contributed by atoms with van der Waals surface area (Å²) in [7, 11) is -4.77. The van der Waals surface area contributed by atoms with E-state index in [0.29, 0.717) is 12.0 Å². The molecular weight excluding hydrogens is 560 g/mol. The molecule has 0 amide bonds. The van der Waals surface area contributed by atoms with Gasteiger partial charge in [0.05, 0.1) is 33.1 Å². The molecule has 0 bridgehead atoms. The van der Waals surface area contributed by atoms with E-state index in [-0.39, 0.29) is 50.1 Å².